The van der Waals surface area contributed by atoms with Crippen molar-refractivity contribution in [1.82, 2.24) is 10.2 Å². The molecule has 0 fully saturated rings. The van der Waals surface area contributed by atoms with Crippen LogP contribution in [0.5, 0.6) is 0 Å². The van der Waals surface area contributed by atoms with Crippen LogP contribution in [0.2, 0.25) is 15.1 Å². The highest BCUT2D eigenvalue weighted by molar-refractivity contribution is 7.99. The Kier molecular flexibility index (Phi) is 11.2. The van der Waals surface area contributed by atoms with Gasteiger partial charge in [0.15, 0.2) is 0 Å². The summed E-state index contributed by atoms with van der Waals surface area (Å²) in [5.41, 5.74) is 1.80. The third-order valence-electron chi connectivity index (χ3n) is 4.85. The van der Waals surface area contributed by atoms with Gasteiger partial charge in [-0.25, -0.2) is 0 Å². The van der Waals surface area contributed by atoms with E-state index in [9.17, 15) is 9.59 Å². The minimum absolute atomic E-state index is 0.110. The molecule has 1 N–H and O–H groups in total. The molecular weight excluding hydrogens is 487 g/mol. The van der Waals surface area contributed by atoms with E-state index in [1.807, 2.05) is 45.0 Å². The van der Waals surface area contributed by atoms with Crippen molar-refractivity contribution < 1.29 is 9.59 Å². The van der Waals surface area contributed by atoms with Crippen molar-refractivity contribution in [3.8, 4) is 0 Å². The molecule has 0 aliphatic rings. The number of benzene rings is 2. The van der Waals surface area contributed by atoms with Gasteiger partial charge in [-0.15, -0.1) is 11.8 Å². The predicted molar refractivity (Wildman–Crippen MR) is 137 cm³/mol. The smallest absolute Gasteiger partial charge is 0.242 e. The first-order valence-corrected chi connectivity index (χ1v) is 12.8. The van der Waals surface area contributed by atoms with Gasteiger partial charge in [-0.2, -0.15) is 0 Å². The first-order valence-electron chi connectivity index (χ1n) is 10.5. The largest absolute Gasteiger partial charge is 0.354 e. The minimum Gasteiger partial charge on any atom is -0.354 e. The number of amides is 2. The molecule has 0 spiro atoms. The molecule has 1 atom stereocenters. The van der Waals surface area contributed by atoms with Crippen molar-refractivity contribution in [2.45, 2.75) is 45.5 Å². The number of carbonyl (C=O) groups excluding carboxylic acids is 2. The molecule has 174 valence electrons. The van der Waals surface area contributed by atoms with E-state index in [4.69, 9.17) is 34.8 Å². The average molecular weight is 516 g/mol. The Balaban J connectivity index is 2.14. The van der Waals surface area contributed by atoms with Crippen LogP contribution >= 0.6 is 46.6 Å². The van der Waals surface area contributed by atoms with Gasteiger partial charge in [0.05, 0.1) is 15.8 Å². The van der Waals surface area contributed by atoms with Crippen LogP contribution in [0.15, 0.2) is 42.5 Å². The maximum absolute atomic E-state index is 13.2. The number of halogens is 3. The standard InChI is InChI=1S/C24H29Cl3N2O2S/c1-4-22(24(31)28-12-16(2)3)29(13-18-7-5-6-8-19(18)25)23(30)15-32-14-17-9-10-20(26)21(27)11-17/h5-11,16,22H,4,12-15H2,1-3H3,(H,28,31). The zero-order valence-corrected chi connectivity index (χ0v) is 21.6. The lowest BCUT2D eigenvalue weighted by Crippen LogP contribution is -2.50. The lowest BCUT2D eigenvalue weighted by Gasteiger charge is -2.31. The first-order chi connectivity index (χ1) is 15.2. The van der Waals surface area contributed by atoms with E-state index in [1.54, 1.807) is 23.1 Å². The molecule has 2 amide bonds. The van der Waals surface area contributed by atoms with E-state index in [2.05, 4.69) is 5.32 Å². The number of nitrogens with zero attached hydrogens (tertiary/aromatic N) is 1. The van der Waals surface area contributed by atoms with Crippen LogP contribution in [-0.2, 0) is 21.9 Å². The fraction of sp³-hybridized carbons (Fsp3) is 0.417. The molecular formula is C24H29Cl3N2O2S. The first kappa shape index (κ1) is 26.8. The maximum atomic E-state index is 13.2. The van der Waals surface area contributed by atoms with Crippen molar-refractivity contribution in [3.63, 3.8) is 0 Å². The molecule has 4 nitrogen and oxygen atoms in total. The number of hydrogen-bond donors (Lipinski definition) is 1. The fourth-order valence-corrected chi connectivity index (χ4v) is 4.49. The second kappa shape index (κ2) is 13.3. The van der Waals surface area contributed by atoms with Gasteiger partial charge in [0.2, 0.25) is 11.8 Å². The number of rotatable bonds is 11. The number of nitrogens with one attached hydrogen (secondary N) is 1. The van der Waals surface area contributed by atoms with Gasteiger partial charge < -0.3 is 10.2 Å². The molecule has 0 aromatic heterocycles. The summed E-state index contributed by atoms with van der Waals surface area (Å²) in [5, 5.41) is 4.53. The lowest BCUT2D eigenvalue weighted by molar-refractivity contribution is -0.139. The van der Waals surface area contributed by atoms with Gasteiger partial charge >= 0.3 is 0 Å². The topological polar surface area (TPSA) is 49.4 Å². The van der Waals surface area contributed by atoms with Crippen LogP contribution in [0.25, 0.3) is 0 Å². The van der Waals surface area contributed by atoms with Crippen molar-refractivity contribution in [1.29, 1.82) is 0 Å². The van der Waals surface area contributed by atoms with Gasteiger partial charge in [-0.3, -0.25) is 9.59 Å². The zero-order valence-electron chi connectivity index (χ0n) is 18.5. The Morgan fingerprint density at radius 3 is 2.38 bits per heavy atom. The molecule has 0 aliphatic heterocycles. The van der Waals surface area contributed by atoms with E-state index in [-0.39, 0.29) is 24.1 Å². The van der Waals surface area contributed by atoms with Crippen LogP contribution in [0.1, 0.15) is 38.3 Å². The van der Waals surface area contributed by atoms with Crippen LogP contribution in [0.3, 0.4) is 0 Å². The van der Waals surface area contributed by atoms with E-state index in [0.717, 1.165) is 11.1 Å². The summed E-state index contributed by atoms with van der Waals surface area (Å²) >= 11 is 19.9. The molecule has 0 bridgehead atoms. The molecule has 0 saturated heterocycles. The Morgan fingerprint density at radius 1 is 1.03 bits per heavy atom. The van der Waals surface area contributed by atoms with Gasteiger partial charge in [0.1, 0.15) is 6.04 Å². The van der Waals surface area contributed by atoms with E-state index < -0.39 is 6.04 Å². The Bertz CT molecular complexity index is 924. The molecule has 2 aromatic carbocycles. The van der Waals surface area contributed by atoms with Gasteiger partial charge in [-0.1, -0.05) is 79.8 Å². The third-order valence-corrected chi connectivity index (χ3v) is 6.94. The molecule has 0 heterocycles. The molecule has 32 heavy (non-hydrogen) atoms. The van der Waals surface area contributed by atoms with Crippen LogP contribution < -0.4 is 5.32 Å². The molecule has 2 aromatic rings. The lowest BCUT2D eigenvalue weighted by atomic mass is 10.1. The van der Waals surface area contributed by atoms with Crippen molar-refractivity contribution in [2.24, 2.45) is 5.92 Å². The van der Waals surface area contributed by atoms with Gasteiger partial charge in [0.25, 0.3) is 0 Å². The Hall–Kier alpha value is -1.40. The van der Waals surface area contributed by atoms with Crippen molar-refractivity contribution >= 4 is 58.4 Å². The highest BCUT2D eigenvalue weighted by Gasteiger charge is 2.29. The van der Waals surface area contributed by atoms with Gasteiger partial charge in [-0.05, 0) is 41.7 Å². The SMILES string of the molecule is CCC(C(=O)NCC(C)C)N(Cc1ccccc1Cl)C(=O)CSCc1ccc(Cl)c(Cl)c1. The fourth-order valence-electron chi connectivity index (χ4n) is 3.12. The van der Waals surface area contributed by atoms with Crippen molar-refractivity contribution in [2.75, 3.05) is 12.3 Å². The number of carbonyl (C=O) groups is 2. The second-order valence-electron chi connectivity index (χ2n) is 7.92. The Labute approximate surface area is 210 Å². The average Bonchev–Trinajstić information content (AvgIpc) is 2.75. The maximum Gasteiger partial charge on any atom is 0.242 e. The molecule has 2 rings (SSSR count). The van der Waals surface area contributed by atoms with Gasteiger partial charge in [0, 0.05) is 23.9 Å². The molecule has 0 aliphatic carbocycles. The summed E-state index contributed by atoms with van der Waals surface area (Å²) in [4.78, 5) is 27.8. The van der Waals surface area contributed by atoms with Crippen LogP contribution in [0.4, 0.5) is 0 Å². The quantitative estimate of drug-likeness (QED) is 0.373. The molecule has 0 radical (unpaired) electrons. The summed E-state index contributed by atoms with van der Waals surface area (Å²) in [6.45, 7) is 6.82. The third kappa shape index (κ3) is 8.18. The van der Waals surface area contributed by atoms with Crippen molar-refractivity contribution in [3.05, 3.63) is 68.7 Å². The summed E-state index contributed by atoms with van der Waals surface area (Å²) < 4.78 is 0. The number of hydrogen-bond acceptors (Lipinski definition) is 3. The van der Waals surface area contributed by atoms with E-state index in [0.29, 0.717) is 39.7 Å². The minimum atomic E-state index is -0.567. The highest BCUT2D eigenvalue weighted by atomic mass is 35.5. The molecule has 0 saturated carbocycles. The summed E-state index contributed by atoms with van der Waals surface area (Å²) in [6.07, 6.45) is 0.511. The monoisotopic (exact) mass is 514 g/mol. The molecule has 1 unspecified atom stereocenters. The number of thioether (sulfide) groups is 1. The van der Waals surface area contributed by atoms with Crippen LogP contribution in [-0.4, -0.2) is 35.1 Å². The molecule has 8 heteroatoms. The normalized spacial score (nSPS) is 12.0. The zero-order chi connectivity index (χ0) is 23.7. The second-order valence-corrected chi connectivity index (χ2v) is 10.1. The predicted octanol–water partition coefficient (Wildman–Crippen LogP) is 6.46. The summed E-state index contributed by atoms with van der Waals surface area (Å²) in [7, 11) is 0. The van der Waals surface area contributed by atoms with E-state index in [1.165, 1.54) is 11.8 Å². The summed E-state index contributed by atoms with van der Waals surface area (Å²) in [5.74, 6) is 0.918. The van der Waals surface area contributed by atoms with Crippen LogP contribution in [0, 0.1) is 5.92 Å². The van der Waals surface area contributed by atoms with E-state index >= 15 is 0 Å². The summed E-state index contributed by atoms with van der Waals surface area (Å²) in [6, 6.07) is 12.3. The highest BCUT2D eigenvalue weighted by Crippen LogP contribution is 2.25. The Morgan fingerprint density at radius 2 is 1.75 bits per heavy atom.